The van der Waals surface area contributed by atoms with Crippen LogP contribution in [0.4, 0.5) is 5.95 Å². The zero-order valence-corrected chi connectivity index (χ0v) is 10.3. The number of aromatic nitrogens is 3. The second-order valence-corrected chi connectivity index (χ2v) is 5.05. The first-order chi connectivity index (χ1) is 8.15. The third kappa shape index (κ3) is 2.70. The molecule has 1 heterocycles. The lowest BCUT2D eigenvalue weighted by molar-refractivity contribution is 0.125. The monoisotopic (exact) mass is 231 g/mol. The van der Waals surface area contributed by atoms with Gasteiger partial charge in [-0.05, 0) is 24.7 Å². The average Bonchev–Trinajstić information content (AvgIpc) is 2.28. The second-order valence-electron chi connectivity index (χ2n) is 5.05. The Kier molecular flexibility index (Phi) is 3.23. The van der Waals surface area contributed by atoms with E-state index in [0.717, 1.165) is 12.8 Å². The Labute approximate surface area is 101 Å². The van der Waals surface area contributed by atoms with Gasteiger partial charge >= 0.3 is 0 Å². The molecular weight excluding hydrogens is 214 g/mol. The van der Waals surface area contributed by atoms with Crippen molar-refractivity contribution in [3.05, 3.63) is 12.2 Å². The van der Waals surface area contributed by atoms with Gasteiger partial charge in [0, 0.05) is 6.04 Å². The van der Waals surface area contributed by atoms with Gasteiger partial charge in [0.15, 0.2) is 0 Å². The van der Waals surface area contributed by atoms with Crippen LogP contribution < -0.4 is 5.32 Å². The van der Waals surface area contributed by atoms with Gasteiger partial charge in [0.05, 0.1) is 0 Å². The molecule has 5 heteroatoms. The van der Waals surface area contributed by atoms with Crippen LogP contribution in [0, 0.1) is 16.7 Å². The maximum absolute atomic E-state index is 8.69. The first kappa shape index (κ1) is 11.8. The fourth-order valence-electron chi connectivity index (χ4n) is 2.64. The molecule has 1 aromatic rings. The molecule has 17 heavy (non-hydrogen) atoms. The van der Waals surface area contributed by atoms with Gasteiger partial charge in [0.2, 0.25) is 11.8 Å². The molecule has 0 spiro atoms. The van der Waals surface area contributed by atoms with E-state index < -0.39 is 0 Å². The number of rotatable bonds is 4. The number of nitrogens with zero attached hydrogens (tertiary/aromatic N) is 4. The Morgan fingerprint density at radius 3 is 2.94 bits per heavy atom. The molecular formula is C12H17N5. The number of anilines is 1. The summed E-state index contributed by atoms with van der Waals surface area (Å²) in [6.45, 7) is 4.54. The Morgan fingerprint density at radius 2 is 2.29 bits per heavy atom. The highest BCUT2D eigenvalue weighted by Crippen LogP contribution is 2.45. The van der Waals surface area contributed by atoms with Gasteiger partial charge in [-0.2, -0.15) is 10.2 Å². The minimum atomic E-state index is 0.165. The van der Waals surface area contributed by atoms with E-state index in [1.165, 1.54) is 19.2 Å². The van der Waals surface area contributed by atoms with E-state index in [2.05, 4.69) is 34.1 Å². The number of nitriles is 1. The van der Waals surface area contributed by atoms with Crippen molar-refractivity contribution in [2.45, 2.75) is 45.6 Å². The molecule has 1 aliphatic rings. The molecule has 0 atom stereocenters. The van der Waals surface area contributed by atoms with E-state index in [9.17, 15) is 0 Å². The molecule has 1 N–H and O–H groups in total. The number of hydrogen-bond acceptors (Lipinski definition) is 5. The molecule has 90 valence electrons. The van der Waals surface area contributed by atoms with Crippen molar-refractivity contribution < 1.29 is 0 Å². The van der Waals surface area contributed by atoms with E-state index in [4.69, 9.17) is 5.26 Å². The molecule has 0 saturated heterocycles. The van der Waals surface area contributed by atoms with Crippen molar-refractivity contribution in [3.63, 3.8) is 0 Å². The van der Waals surface area contributed by atoms with Gasteiger partial charge < -0.3 is 5.32 Å². The summed E-state index contributed by atoms with van der Waals surface area (Å²) in [6, 6.07) is 2.34. The Balaban J connectivity index is 1.90. The molecule has 0 amide bonds. The van der Waals surface area contributed by atoms with Crippen LogP contribution in [0.1, 0.15) is 45.4 Å². The maximum Gasteiger partial charge on any atom is 0.236 e. The summed E-state index contributed by atoms with van der Waals surface area (Å²) in [5.41, 5.74) is 0.470. The Bertz CT molecular complexity index is 431. The largest absolute Gasteiger partial charge is 0.351 e. The van der Waals surface area contributed by atoms with Crippen LogP contribution >= 0.6 is 0 Å². The zero-order chi connectivity index (χ0) is 12.3. The minimum Gasteiger partial charge on any atom is -0.351 e. The number of hydrogen-bond donors (Lipinski definition) is 1. The molecule has 5 nitrogen and oxygen atoms in total. The third-order valence-corrected chi connectivity index (χ3v) is 3.34. The van der Waals surface area contributed by atoms with Crippen molar-refractivity contribution in [2.75, 3.05) is 5.32 Å². The summed E-state index contributed by atoms with van der Waals surface area (Å²) in [5.74, 6) is 0.679. The summed E-state index contributed by atoms with van der Waals surface area (Å²) in [6.07, 6.45) is 6.17. The van der Waals surface area contributed by atoms with Gasteiger partial charge in [-0.25, -0.2) is 9.97 Å². The standard InChI is InChI=1S/C12H17N5/c1-3-4-12(2)5-9(6-12)16-11-15-8-14-10(7-13)17-11/h8-9H,3-6H2,1-2H3,(H,14,15,16,17). The summed E-state index contributed by atoms with van der Waals surface area (Å²) < 4.78 is 0. The highest BCUT2D eigenvalue weighted by atomic mass is 15.2. The van der Waals surface area contributed by atoms with Crippen molar-refractivity contribution in [1.29, 1.82) is 5.26 Å². The van der Waals surface area contributed by atoms with Crippen LogP contribution in [0.25, 0.3) is 0 Å². The van der Waals surface area contributed by atoms with Crippen LogP contribution in [-0.2, 0) is 0 Å². The molecule has 0 radical (unpaired) electrons. The smallest absolute Gasteiger partial charge is 0.236 e. The topological polar surface area (TPSA) is 74.5 Å². The van der Waals surface area contributed by atoms with E-state index >= 15 is 0 Å². The van der Waals surface area contributed by atoms with Crippen molar-refractivity contribution >= 4 is 5.95 Å². The van der Waals surface area contributed by atoms with Gasteiger partial charge in [0.25, 0.3) is 0 Å². The molecule has 0 aliphatic heterocycles. The van der Waals surface area contributed by atoms with Gasteiger partial charge in [-0.3, -0.25) is 0 Å². The average molecular weight is 231 g/mol. The molecule has 2 rings (SSSR count). The summed E-state index contributed by atoms with van der Waals surface area (Å²) in [4.78, 5) is 11.8. The highest BCUT2D eigenvalue weighted by molar-refractivity contribution is 5.29. The summed E-state index contributed by atoms with van der Waals surface area (Å²) in [5, 5.41) is 11.9. The van der Waals surface area contributed by atoms with E-state index in [1.54, 1.807) is 0 Å². The third-order valence-electron chi connectivity index (χ3n) is 3.34. The van der Waals surface area contributed by atoms with Crippen molar-refractivity contribution in [3.8, 4) is 6.07 Å². The normalized spacial score (nSPS) is 27.0. The molecule has 0 aromatic carbocycles. The highest BCUT2D eigenvalue weighted by Gasteiger charge is 2.39. The van der Waals surface area contributed by atoms with E-state index in [0.29, 0.717) is 17.4 Å². The number of nitrogens with one attached hydrogen (secondary N) is 1. The first-order valence-corrected chi connectivity index (χ1v) is 6.01. The molecule has 1 aliphatic carbocycles. The Morgan fingerprint density at radius 1 is 1.53 bits per heavy atom. The molecule has 1 aromatic heterocycles. The zero-order valence-electron chi connectivity index (χ0n) is 10.3. The van der Waals surface area contributed by atoms with Gasteiger partial charge in [-0.1, -0.05) is 20.3 Å². The lowest BCUT2D eigenvalue weighted by Gasteiger charge is -2.45. The molecule has 0 bridgehead atoms. The fraction of sp³-hybridized carbons (Fsp3) is 0.667. The van der Waals surface area contributed by atoms with Crippen molar-refractivity contribution in [1.82, 2.24) is 15.0 Å². The lowest BCUT2D eigenvalue weighted by atomic mass is 9.64. The van der Waals surface area contributed by atoms with E-state index in [1.807, 2.05) is 6.07 Å². The SMILES string of the molecule is CCCC1(C)CC(Nc2ncnc(C#N)n2)C1. The maximum atomic E-state index is 8.69. The predicted octanol–water partition coefficient (Wildman–Crippen LogP) is 2.12. The van der Waals surface area contributed by atoms with Gasteiger partial charge in [-0.15, -0.1) is 0 Å². The van der Waals surface area contributed by atoms with Crippen LogP contribution in [0.5, 0.6) is 0 Å². The van der Waals surface area contributed by atoms with Gasteiger partial charge in [0.1, 0.15) is 12.4 Å². The van der Waals surface area contributed by atoms with E-state index in [-0.39, 0.29) is 5.82 Å². The van der Waals surface area contributed by atoms with Crippen LogP contribution in [0.15, 0.2) is 6.33 Å². The van der Waals surface area contributed by atoms with Crippen LogP contribution in [0.3, 0.4) is 0 Å². The predicted molar refractivity (Wildman–Crippen MR) is 64.2 cm³/mol. The molecule has 1 saturated carbocycles. The first-order valence-electron chi connectivity index (χ1n) is 6.01. The quantitative estimate of drug-likeness (QED) is 0.859. The van der Waals surface area contributed by atoms with Crippen molar-refractivity contribution in [2.24, 2.45) is 5.41 Å². The lowest BCUT2D eigenvalue weighted by Crippen LogP contribution is -2.43. The summed E-state index contributed by atoms with van der Waals surface area (Å²) >= 11 is 0. The molecule has 1 fully saturated rings. The summed E-state index contributed by atoms with van der Waals surface area (Å²) in [7, 11) is 0. The fourth-order valence-corrected chi connectivity index (χ4v) is 2.64. The minimum absolute atomic E-state index is 0.165. The van der Waals surface area contributed by atoms with Crippen LogP contribution in [-0.4, -0.2) is 21.0 Å². The second kappa shape index (κ2) is 4.66. The molecule has 0 unspecified atom stereocenters. The Hall–Kier alpha value is -1.70. The van der Waals surface area contributed by atoms with Crippen LogP contribution in [0.2, 0.25) is 0 Å².